The molecule has 0 heterocycles. The maximum atomic E-state index is 13.1. The molecule has 0 saturated carbocycles. The highest BCUT2D eigenvalue weighted by molar-refractivity contribution is 7.92. The number of hydrogen-bond donors (Lipinski definition) is 1. The third-order valence-electron chi connectivity index (χ3n) is 4.31. The molecule has 0 radical (unpaired) electrons. The predicted molar refractivity (Wildman–Crippen MR) is 114 cm³/mol. The van der Waals surface area contributed by atoms with Gasteiger partial charge in [-0.05, 0) is 49.4 Å². The Morgan fingerprint density at radius 3 is 2.21 bits per heavy atom. The van der Waals surface area contributed by atoms with Crippen molar-refractivity contribution in [2.45, 2.75) is 11.8 Å². The minimum Gasteiger partial charge on any atom is -0.492 e. The predicted octanol–water partition coefficient (Wildman–Crippen LogP) is 4.16. The van der Waals surface area contributed by atoms with Gasteiger partial charge in [-0.1, -0.05) is 36.4 Å². The number of carbonyl (C=O) groups excluding carboxylic acids is 1. The van der Waals surface area contributed by atoms with E-state index in [1.807, 2.05) is 19.1 Å². The number of amides is 1. The molecule has 6 nitrogen and oxygen atoms in total. The van der Waals surface area contributed by atoms with Crippen LogP contribution in [0.25, 0.3) is 0 Å². The Morgan fingerprint density at radius 2 is 1.59 bits per heavy atom. The summed E-state index contributed by atoms with van der Waals surface area (Å²) in [6.45, 7) is 2.20. The minimum atomic E-state index is -3.82. The zero-order chi connectivity index (χ0) is 20.9. The molecule has 0 aliphatic heterocycles. The molecule has 150 valence electrons. The van der Waals surface area contributed by atoms with Crippen LogP contribution in [0, 0.1) is 0 Å². The van der Waals surface area contributed by atoms with Crippen molar-refractivity contribution in [3.8, 4) is 5.75 Å². The molecular weight excluding hydrogens is 388 g/mol. The third kappa shape index (κ3) is 4.57. The molecule has 0 atom stereocenters. The highest BCUT2D eigenvalue weighted by Crippen LogP contribution is 2.30. The van der Waals surface area contributed by atoms with E-state index >= 15 is 0 Å². The number of benzene rings is 3. The second-order valence-electron chi connectivity index (χ2n) is 6.22. The Balaban J connectivity index is 1.96. The lowest BCUT2D eigenvalue weighted by Gasteiger charge is -2.20. The van der Waals surface area contributed by atoms with E-state index < -0.39 is 10.0 Å². The van der Waals surface area contributed by atoms with Gasteiger partial charge in [0, 0.05) is 12.6 Å². The second kappa shape index (κ2) is 8.79. The first-order valence-corrected chi connectivity index (χ1v) is 10.5. The van der Waals surface area contributed by atoms with Crippen LogP contribution in [-0.2, 0) is 10.0 Å². The molecular formula is C22H22N2O4S. The molecule has 7 heteroatoms. The number of rotatable bonds is 7. The molecule has 0 saturated heterocycles. The molecule has 1 amide bonds. The van der Waals surface area contributed by atoms with Crippen LogP contribution < -0.4 is 14.4 Å². The number of nitrogens with one attached hydrogen (secondary N) is 1. The molecule has 0 aliphatic carbocycles. The molecule has 0 spiro atoms. The summed E-state index contributed by atoms with van der Waals surface area (Å²) in [5.74, 6) is 0.0515. The maximum absolute atomic E-state index is 13.1. The molecule has 3 aromatic rings. The molecule has 0 unspecified atom stereocenters. The van der Waals surface area contributed by atoms with Crippen molar-refractivity contribution in [3.05, 3.63) is 84.4 Å². The summed E-state index contributed by atoms with van der Waals surface area (Å²) in [6, 6.07) is 21.9. The molecule has 0 fully saturated rings. The van der Waals surface area contributed by atoms with E-state index in [1.165, 1.54) is 23.5 Å². The van der Waals surface area contributed by atoms with Crippen LogP contribution in [0.2, 0.25) is 0 Å². The first-order valence-electron chi connectivity index (χ1n) is 9.10. The SMILES string of the molecule is CCOc1ccc(S(=O)(=O)N(C)c2ccccc2)cc1NC(=O)c1ccccc1. The molecule has 0 aliphatic rings. The van der Waals surface area contributed by atoms with Crippen molar-refractivity contribution in [2.75, 3.05) is 23.3 Å². The molecule has 29 heavy (non-hydrogen) atoms. The summed E-state index contributed by atoms with van der Waals surface area (Å²) in [6.07, 6.45) is 0. The standard InChI is InChI=1S/C22H22N2O4S/c1-3-28-21-15-14-19(29(26,27)24(2)18-12-8-5-9-13-18)16-20(21)23-22(25)17-10-6-4-7-11-17/h4-16H,3H2,1-2H3,(H,23,25). The van der Waals surface area contributed by atoms with Gasteiger partial charge in [-0.25, -0.2) is 8.42 Å². The number of carbonyl (C=O) groups is 1. The highest BCUT2D eigenvalue weighted by atomic mass is 32.2. The summed E-state index contributed by atoms with van der Waals surface area (Å²) in [4.78, 5) is 12.6. The van der Waals surface area contributed by atoms with E-state index in [1.54, 1.807) is 54.6 Å². The van der Waals surface area contributed by atoms with Gasteiger partial charge in [-0.3, -0.25) is 9.10 Å². The first kappa shape index (κ1) is 20.4. The molecule has 3 rings (SSSR count). The van der Waals surface area contributed by atoms with Gasteiger partial charge in [0.2, 0.25) is 0 Å². The Labute approximate surface area is 170 Å². The van der Waals surface area contributed by atoms with Crippen LogP contribution in [0.15, 0.2) is 83.8 Å². The Kier molecular flexibility index (Phi) is 6.19. The lowest BCUT2D eigenvalue weighted by molar-refractivity contribution is 0.102. The number of hydrogen-bond acceptors (Lipinski definition) is 4. The fourth-order valence-corrected chi connectivity index (χ4v) is 3.99. The fourth-order valence-electron chi connectivity index (χ4n) is 2.77. The van der Waals surface area contributed by atoms with Crippen molar-refractivity contribution in [3.63, 3.8) is 0 Å². The number of para-hydroxylation sites is 1. The summed E-state index contributed by atoms with van der Waals surface area (Å²) in [5.41, 5.74) is 1.30. The number of anilines is 2. The average molecular weight is 410 g/mol. The summed E-state index contributed by atoms with van der Waals surface area (Å²) in [5, 5.41) is 2.76. The quantitative estimate of drug-likeness (QED) is 0.635. The van der Waals surface area contributed by atoms with Crippen molar-refractivity contribution in [2.24, 2.45) is 0 Å². The van der Waals surface area contributed by atoms with E-state index in [-0.39, 0.29) is 10.8 Å². The summed E-state index contributed by atoms with van der Waals surface area (Å²) in [7, 11) is -2.33. The van der Waals surface area contributed by atoms with Crippen LogP contribution in [0.1, 0.15) is 17.3 Å². The number of ether oxygens (including phenoxy) is 1. The van der Waals surface area contributed by atoms with Crippen LogP contribution >= 0.6 is 0 Å². The van der Waals surface area contributed by atoms with Gasteiger partial charge in [-0.15, -0.1) is 0 Å². The molecule has 1 N–H and O–H groups in total. The van der Waals surface area contributed by atoms with Gasteiger partial charge in [0.1, 0.15) is 5.75 Å². The minimum absolute atomic E-state index is 0.0515. The maximum Gasteiger partial charge on any atom is 0.264 e. The van der Waals surface area contributed by atoms with Gasteiger partial charge >= 0.3 is 0 Å². The van der Waals surface area contributed by atoms with Gasteiger partial charge in [0.05, 0.1) is 22.9 Å². The molecule has 0 aromatic heterocycles. The van der Waals surface area contributed by atoms with Crippen molar-refractivity contribution in [1.82, 2.24) is 0 Å². The van der Waals surface area contributed by atoms with E-state index in [2.05, 4.69) is 5.32 Å². The van der Waals surface area contributed by atoms with Gasteiger partial charge < -0.3 is 10.1 Å². The topological polar surface area (TPSA) is 75.7 Å². The number of nitrogens with zero attached hydrogens (tertiary/aromatic N) is 1. The van der Waals surface area contributed by atoms with E-state index in [4.69, 9.17) is 4.74 Å². The van der Waals surface area contributed by atoms with Gasteiger partial charge in [0.25, 0.3) is 15.9 Å². The van der Waals surface area contributed by atoms with Gasteiger partial charge in [-0.2, -0.15) is 0 Å². The van der Waals surface area contributed by atoms with Crippen LogP contribution in [0.5, 0.6) is 5.75 Å². The van der Waals surface area contributed by atoms with Crippen LogP contribution in [-0.4, -0.2) is 28.0 Å². The van der Waals surface area contributed by atoms with Gasteiger partial charge in [0.15, 0.2) is 0 Å². The van der Waals surface area contributed by atoms with E-state index in [9.17, 15) is 13.2 Å². The van der Waals surface area contributed by atoms with Crippen LogP contribution in [0.3, 0.4) is 0 Å². The fraction of sp³-hybridized carbons (Fsp3) is 0.136. The normalized spacial score (nSPS) is 11.0. The Hall–Kier alpha value is -3.32. The van der Waals surface area contributed by atoms with E-state index in [0.717, 1.165) is 0 Å². The molecule has 0 bridgehead atoms. The third-order valence-corrected chi connectivity index (χ3v) is 6.09. The molecule has 3 aromatic carbocycles. The second-order valence-corrected chi connectivity index (χ2v) is 8.19. The largest absolute Gasteiger partial charge is 0.492 e. The Morgan fingerprint density at radius 1 is 0.966 bits per heavy atom. The van der Waals surface area contributed by atoms with E-state index in [0.29, 0.717) is 29.3 Å². The monoisotopic (exact) mass is 410 g/mol. The van der Waals surface area contributed by atoms with Crippen molar-refractivity contribution in [1.29, 1.82) is 0 Å². The Bertz CT molecular complexity index is 1080. The smallest absolute Gasteiger partial charge is 0.264 e. The highest BCUT2D eigenvalue weighted by Gasteiger charge is 2.23. The van der Waals surface area contributed by atoms with Crippen molar-refractivity contribution >= 4 is 27.3 Å². The zero-order valence-electron chi connectivity index (χ0n) is 16.2. The van der Waals surface area contributed by atoms with Crippen molar-refractivity contribution < 1.29 is 17.9 Å². The average Bonchev–Trinajstić information content (AvgIpc) is 2.75. The van der Waals surface area contributed by atoms with Crippen LogP contribution in [0.4, 0.5) is 11.4 Å². The lowest BCUT2D eigenvalue weighted by atomic mass is 10.2. The first-order chi connectivity index (χ1) is 13.9. The summed E-state index contributed by atoms with van der Waals surface area (Å²) < 4.78 is 32.9. The lowest BCUT2D eigenvalue weighted by Crippen LogP contribution is -2.26. The number of sulfonamides is 1. The summed E-state index contributed by atoms with van der Waals surface area (Å²) >= 11 is 0. The zero-order valence-corrected chi connectivity index (χ0v) is 17.0.